The number of likely N-dealkylation sites (tertiary alicyclic amines) is 1. The first-order valence-corrected chi connectivity index (χ1v) is 8.09. The number of nitrogens with zero attached hydrogens (tertiary/aromatic N) is 4. The van der Waals surface area contributed by atoms with Gasteiger partial charge in [0, 0.05) is 24.2 Å². The number of amides is 1. The van der Waals surface area contributed by atoms with Crippen LogP contribution in [0.5, 0.6) is 0 Å². The summed E-state index contributed by atoms with van der Waals surface area (Å²) in [7, 11) is 0. The van der Waals surface area contributed by atoms with Crippen molar-refractivity contribution >= 4 is 16.8 Å². The largest absolute Gasteiger partial charge is 0.334 e. The number of fused-ring (bicyclic) bond motifs is 1. The number of H-pyrrole nitrogens is 1. The summed E-state index contributed by atoms with van der Waals surface area (Å²) in [4.78, 5) is 29.3. The average Bonchev–Trinajstić information content (AvgIpc) is 3.25. The van der Waals surface area contributed by atoms with Crippen LogP contribution in [0.15, 0.2) is 41.5 Å². The maximum Gasteiger partial charge on any atom is 0.255 e. The van der Waals surface area contributed by atoms with Crippen molar-refractivity contribution in [2.45, 2.75) is 25.4 Å². The van der Waals surface area contributed by atoms with Crippen LogP contribution < -0.4 is 5.56 Å². The SMILES string of the molecule is O=C(c1cc(=O)[nH]c2cc(F)ccc12)N1CCC[C@H]1Cn1ccnn1. The van der Waals surface area contributed by atoms with E-state index < -0.39 is 11.4 Å². The van der Waals surface area contributed by atoms with Crippen LogP contribution in [0.1, 0.15) is 23.2 Å². The van der Waals surface area contributed by atoms with Crippen molar-refractivity contribution in [1.29, 1.82) is 0 Å². The lowest BCUT2D eigenvalue weighted by Gasteiger charge is -2.25. The molecule has 1 aromatic carbocycles. The molecule has 0 radical (unpaired) electrons. The van der Waals surface area contributed by atoms with E-state index in [0.29, 0.717) is 29.6 Å². The van der Waals surface area contributed by atoms with Crippen LogP contribution in [-0.2, 0) is 6.54 Å². The molecule has 1 aliphatic heterocycles. The zero-order valence-corrected chi connectivity index (χ0v) is 13.4. The van der Waals surface area contributed by atoms with Crippen molar-refractivity contribution in [3.63, 3.8) is 0 Å². The molecule has 1 saturated heterocycles. The van der Waals surface area contributed by atoms with Crippen LogP contribution in [0.2, 0.25) is 0 Å². The van der Waals surface area contributed by atoms with Gasteiger partial charge in [0.05, 0.1) is 29.9 Å². The number of halogens is 1. The van der Waals surface area contributed by atoms with Crippen molar-refractivity contribution in [3.05, 3.63) is 58.4 Å². The number of carbonyl (C=O) groups excluding carboxylic acids is 1. The monoisotopic (exact) mass is 341 g/mol. The van der Waals surface area contributed by atoms with Gasteiger partial charge in [0.1, 0.15) is 5.82 Å². The fourth-order valence-corrected chi connectivity index (χ4v) is 3.40. The molecule has 4 rings (SSSR count). The van der Waals surface area contributed by atoms with E-state index in [1.54, 1.807) is 22.0 Å². The molecule has 8 heteroatoms. The highest BCUT2D eigenvalue weighted by atomic mass is 19.1. The lowest BCUT2D eigenvalue weighted by molar-refractivity contribution is 0.0723. The first-order chi connectivity index (χ1) is 12.1. The molecule has 0 bridgehead atoms. The minimum atomic E-state index is -0.460. The topological polar surface area (TPSA) is 83.9 Å². The standard InChI is InChI=1S/C17H16FN5O2/c18-11-3-4-13-14(9-16(24)20-15(13)8-11)17(25)23-6-1-2-12(23)10-22-7-5-19-21-22/h3-5,7-9,12H,1-2,6,10H2,(H,20,24)/t12-/m0/s1. The molecule has 2 aromatic heterocycles. The Labute approximate surface area is 142 Å². The van der Waals surface area contributed by atoms with E-state index in [1.807, 2.05) is 0 Å². The molecule has 128 valence electrons. The Hall–Kier alpha value is -3.03. The second kappa shape index (κ2) is 6.12. The fourth-order valence-electron chi connectivity index (χ4n) is 3.40. The lowest BCUT2D eigenvalue weighted by Crippen LogP contribution is -2.38. The first-order valence-electron chi connectivity index (χ1n) is 8.09. The van der Waals surface area contributed by atoms with E-state index in [0.717, 1.165) is 12.8 Å². The maximum absolute atomic E-state index is 13.4. The van der Waals surface area contributed by atoms with Crippen molar-refractivity contribution in [2.75, 3.05) is 6.54 Å². The van der Waals surface area contributed by atoms with Gasteiger partial charge in [-0.25, -0.2) is 4.39 Å². The Morgan fingerprint density at radius 3 is 3.04 bits per heavy atom. The van der Waals surface area contributed by atoms with Gasteiger partial charge in [0.2, 0.25) is 5.56 Å². The van der Waals surface area contributed by atoms with Gasteiger partial charge in [-0.2, -0.15) is 0 Å². The van der Waals surface area contributed by atoms with Crippen LogP contribution in [0.25, 0.3) is 10.9 Å². The summed E-state index contributed by atoms with van der Waals surface area (Å²) in [6, 6.07) is 5.31. The molecule has 1 N–H and O–H groups in total. The Kier molecular flexibility index (Phi) is 3.79. The predicted molar refractivity (Wildman–Crippen MR) is 88.6 cm³/mol. The Balaban J connectivity index is 1.70. The first kappa shape index (κ1) is 15.5. The molecule has 7 nitrogen and oxygen atoms in total. The lowest BCUT2D eigenvalue weighted by atomic mass is 10.1. The molecule has 1 amide bonds. The third kappa shape index (κ3) is 2.90. The molecule has 0 spiro atoms. The van der Waals surface area contributed by atoms with Crippen LogP contribution in [-0.4, -0.2) is 43.4 Å². The summed E-state index contributed by atoms with van der Waals surface area (Å²) < 4.78 is 15.1. The van der Waals surface area contributed by atoms with Crippen molar-refractivity contribution in [3.8, 4) is 0 Å². The molecule has 0 saturated carbocycles. The molecule has 1 fully saturated rings. The minimum absolute atomic E-state index is 0.0102. The number of pyridine rings is 1. The minimum Gasteiger partial charge on any atom is -0.334 e. The van der Waals surface area contributed by atoms with Crippen molar-refractivity contribution in [2.24, 2.45) is 0 Å². The highest BCUT2D eigenvalue weighted by Gasteiger charge is 2.31. The van der Waals surface area contributed by atoms with E-state index >= 15 is 0 Å². The molecule has 3 heterocycles. The summed E-state index contributed by atoms with van der Waals surface area (Å²) in [6.45, 7) is 1.18. The smallest absolute Gasteiger partial charge is 0.255 e. The van der Waals surface area contributed by atoms with Gasteiger partial charge in [0.15, 0.2) is 0 Å². The molecule has 1 atom stereocenters. The van der Waals surface area contributed by atoms with Gasteiger partial charge in [-0.1, -0.05) is 5.21 Å². The van der Waals surface area contributed by atoms with E-state index in [2.05, 4.69) is 15.3 Å². The van der Waals surface area contributed by atoms with E-state index in [4.69, 9.17) is 0 Å². The summed E-state index contributed by atoms with van der Waals surface area (Å²) in [6.07, 6.45) is 5.11. The van der Waals surface area contributed by atoms with Gasteiger partial charge in [-0.15, -0.1) is 5.10 Å². The second-order valence-electron chi connectivity index (χ2n) is 6.16. The Morgan fingerprint density at radius 2 is 2.24 bits per heavy atom. The average molecular weight is 341 g/mol. The Morgan fingerprint density at radius 1 is 1.36 bits per heavy atom. The molecule has 1 aliphatic rings. The molecule has 0 unspecified atom stereocenters. The number of aromatic amines is 1. The summed E-state index contributed by atoms with van der Waals surface area (Å²) in [5.41, 5.74) is 0.195. The molecular formula is C17H16FN5O2. The highest BCUT2D eigenvalue weighted by molar-refractivity contribution is 6.06. The highest BCUT2D eigenvalue weighted by Crippen LogP contribution is 2.24. The van der Waals surface area contributed by atoms with E-state index in [-0.39, 0.29) is 11.9 Å². The second-order valence-corrected chi connectivity index (χ2v) is 6.16. The number of benzene rings is 1. The number of hydrogen-bond acceptors (Lipinski definition) is 4. The summed E-state index contributed by atoms with van der Waals surface area (Å²) >= 11 is 0. The summed E-state index contributed by atoms with van der Waals surface area (Å²) in [5, 5.41) is 8.27. The van der Waals surface area contributed by atoms with Crippen LogP contribution >= 0.6 is 0 Å². The summed E-state index contributed by atoms with van der Waals surface area (Å²) in [5.74, 6) is -0.677. The van der Waals surface area contributed by atoms with Gasteiger partial charge in [-0.3, -0.25) is 14.3 Å². The van der Waals surface area contributed by atoms with Crippen molar-refractivity contribution < 1.29 is 9.18 Å². The maximum atomic E-state index is 13.4. The quantitative estimate of drug-likeness (QED) is 0.784. The zero-order chi connectivity index (χ0) is 17.4. The molecule has 0 aliphatic carbocycles. The number of rotatable bonds is 3. The number of carbonyl (C=O) groups is 1. The third-order valence-electron chi connectivity index (χ3n) is 4.54. The van der Waals surface area contributed by atoms with Gasteiger partial charge >= 0.3 is 0 Å². The van der Waals surface area contributed by atoms with Crippen LogP contribution in [0.3, 0.4) is 0 Å². The van der Waals surface area contributed by atoms with Crippen molar-refractivity contribution in [1.82, 2.24) is 24.9 Å². The fraction of sp³-hybridized carbons (Fsp3) is 0.294. The number of aromatic nitrogens is 4. The van der Waals surface area contributed by atoms with E-state index in [9.17, 15) is 14.0 Å². The number of hydrogen-bond donors (Lipinski definition) is 1. The van der Waals surface area contributed by atoms with Crippen LogP contribution in [0.4, 0.5) is 4.39 Å². The molecule has 3 aromatic rings. The zero-order valence-electron chi connectivity index (χ0n) is 13.4. The van der Waals surface area contributed by atoms with E-state index in [1.165, 1.54) is 24.3 Å². The number of nitrogens with one attached hydrogen (secondary N) is 1. The van der Waals surface area contributed by atoms with Gasteiger partial charge < -0.3 is 9.88 Å². The predicted octanol–water partition coefficient (Wildman–Crippen LogP) is 1.56. The molecular weight excluding hydrogens is 325 g/mol. The third-order valence-corrected chi connectivity index (χ3v) is 4.54. The normalized spacial score (nSPS) is 17.3. The Bertz CT molecular complexity index is 982. The van der Waals surface area contributed by atoms with Gasteiger partial charge in [0.25, 0.3) is 5.91 Å². The molecule has 25 heavy (non-hydrogen) atoms. The van der Waals surface area contributed by atoms with Gasteiger partial charge in [-0.05, 0) is 31.0 Å². The van der Waals surface area contributed by atoms with Crippen LogP contribution in [0, 0.1) is 5.82 Å².